The van der Waals surface area contributed by atoms with E-state index in [1.165, 1.54) is 6.07 Å². The molecule has 0 unspecified atom stereocenters. The number of alkyl halides is 3. The van der Waals surface area contributed by atoms with E-state index < -0.39 is 18.6 Å². The van der Waals surface area contributed by atoms with Crippen molar-refractivity contribution >= 4 is 21.8 Å². The number of hydrogen-bond donors (Lipinski definition) is 1. The molecule has 1 aromatic heterocycles. The highest BCUT2D eigenvalue weighted by Crippen LogP contribution is 2.16. The number of nitrogens with one attached hydrogen (secondary N) is 1. The Hall–Kier alpha value is -0.980. The van der Waals surface area contributed by atoms with E-state index in [0.29, 0.717) is 11.0 Å². The predicted molar refractivity (Wildman–Crippen MR) is 56.2 cm³/mol. The molecule has 90 valence electrons. The van der Waals surface area contributed by atoms with E-state index in [9.17, 15) is 18.0 Å². The van der Waals surface area contributed by atoms with Crippen LogP contribution in [0.15, 0.2) is 16.7 Å². The molecule has 0 aromatic carbocycles. The maximum Gasteiger partial charge on any atom is 0.405 e. The number of carbonyl (C=O) groups is 1. The number of aromatic nitrogens is 1. The molecule has 0 aliphatic rings. The molecule has 0 aliphatic carbocycles. The molecule has 0 aliphatic heterocycles. The van der Waals surface area contributed by atoms with Gasteiger partial charge in [0.1, 0.15) is 12.2 Å². The molecule has 0 saturated carbocycles. The summed E-state index contributed by atoms with van der Waals surface area (Å²) in [5.41, 5.74) is 0.207. The zero-order valence-corrected chi connectivity index (χ0v) is 10.0. The van der Waals surface area contributed by atoms with Gasteiger partial charge in [0.05, 0.1) is 0 Å². The smallest absolute Gasteiger partial charge is 0.343 e. The molecule has 1 N–H and O–H groups in total. The molecule has 0 atom stereocenters. The second-order valence-electron chi connectivity index (χ2n) is 3.13. The van der Waals surface area contributed by atoms with Gasteiger partial charge in [-0.1, -0.05) is 0 Å². The van der Waals surface area contributed by atoms with E-state index in [4.69, 9.17) is 0 Å². The van der Waals surface area contributed by atoms with E-state index in [1.54, 1.807) is 17.7 Å². The van der Waals surface area contributed by atoms with Gasteiger partial charge in [-0.2, -0.15) is 13.2 Å². The Morgan fingerprint density at radius 3 is 2.69 bits per heavy atom. The molecule has 1 rings (SSSR count). The van der Waals surface area contributed by atoms with Crippen molar-refractivity contribution in [2.24, 2.45) is 0 Å². The lowest BCUT2D eigenvalue weighted by atomic mass is 10.4. The van der Waals surface area contributed by atoms with Gasteiger partial charge in [0.25, 0.3) is 5.91 Å². The molecular weight excluding hydrogens is 289 g/mol. The fourth-order valence-corrected chi connectivity index (χ4v) is 1.66. The Bertz CT molecular complexity index is 387. The number of nitrogens with zero attached hydrogens (tertiary/aromatic N) is 1. The van der Waals surface area contributed by atoms with Crippen LogP contribution in [0.2, 0.25) is 0 Å². The Kier molecular flexibility index (Phi) is 4.01. The average molecular weight is 299 g/mol. The van der Waals surface area contributed by atoms with Gasteiger partial charge in [-0.05, 0) is 28.9 Å². The quantitative estimate of drug-likeness (QED) is 0.914. The summed E-state index contributed by atoms with van der Waals surface area (Å²) in [7, 11) is 0. The second kappa shape index (κ2) is 4.90. The van der Waals surface area contributed by atoms with Crippen LogP contribution in [-0.2, 0) is 6.54 Å². The van der Waals surface area contributed by atoms with Crippen molar-refractivity contribution in [2.45, 2.75) is 19.6 Å². The summed E-state index contributed by atoms with van der Waals surface area (Å²) in [6.45, 7) is 0.992. The number of halogens is 4. The number of carbonyl (C=O) groups excluding carboxylic acids is 1. The topological polar surface area (TPSA) is 34.0 Å². The van der Waals surface area contributed by atoms with Gasteiger partial charge >= 0.3 is 6.18 Å². The van der Waals surface area contributed by atoms with Gasteiger partial charge in [0.2, 0.25) is 0 Å². The van der Waals surface area contributed by atoms with Crippen molar-refractivity contribution in [2.75, 3.05) is 6.54 Å². The van der Waals surface area contributed by atoms with Crippen molar-refractivity contribution in [1.82, 2.24) is 9.88 Å². The van der Waals surface area contributed by atoms with Gasteiger partial charge in [-0.15, -0.1) is 0 Å². The first-order valence-electron chi connectivity index (χ1n) is 4.54. The Labute approximate surface area is 98.8 Å². The molecule has 1 heterocycles. The lowest BCUT2D eigenvalue weighted by Crippen LogP contribution is -2.34. The number of amides is 1. The highest BCUT2D eigenvalue weighted by molar-refractivity contribution is 9.10. The van der Waals surface area contributed by atoms with Gasteiger partial charge in [0.15, 0.2) is 0 Å². The summed E-state index contributed by atoms with van der Waals surface area (Å²) >= 11 is 3.16. The molecule has 0 fully saturated rings. The SMILES string of the molecule is CCn1cc(Br)cc1C(=O)NCC(F)(F)F. The molecule has 16 heavy (non-hydrogen) atoms. The Morgan fingerprint density at radius 2 is 2.19 bits per heavy atom. The summed E-state index contributed by atoms with van der Waals surface area (Å²) in [5.74, 6) is -0.732. The van der Waals surface area contributed by atoms with E-state index in [-0.39, 0.29) is 5.69 Å². The molecule has 1 aromatic rings. The van der Waals surface area contributed by atoms with E-state index in [0.717, 1.165) is 0 Å². The normalized spacial score (nSPS) is 11.6. The molecule has 0 spiro atoms. The van der Waals surface area contributed by atoms with Crippen LogP contribution in [0.1, 0.15) is 17.4 Å². The van der Waals surface area contributed by atoms with Gasteiger partial charge < -0.3 is 9.88 Å². The zero-order valence-electron chi connectivity index (χ0n) is 8.44. The van der Waals surface area contributed by atoms with Crippen LogP contribution in [0, 0.1) is 0 Å². The number of rotatable bonds is 3. The fraction of sp³-hybridized carbons (Fsp3) is 0.444. The van der Waals surface area contributed by atoms with Gasteiger partial charge in [0, 0.05) is 17.2 Å². The first-order chi connectivity index (χ1) is 7.33. The molecular formula is C9H10BrF3N2O. The first kappa shape index (κ1) is 13.1. The fourth-order valence-electron chi connectivity index (χ4n) is 1.20. The van der Waals surface area contributed by atoms with Crippen LogP contribution in [0.5, 0.6) is 0 Å². The Morgan fingerprint density at radius 1 is 1.56 bits per heavy atom. The molecule has 3 nitrogen and oxygen atoms in total. The van der Waals surface area contributed by atoms with E-state index >= 15 is 0 Å². The van der Waals surface area contributed by atoms with Crippen LogP contribution in [0.25, 0.3) is 0 Å². The predicted octanol–water partition coefficient (Wildman–Crippen LogP) is 2.56. The van der Waals surface area contributed by atoms with E-state index in [1.807, 2.05) is 5.32 Å². The third kappa shape index (κ3) is 3.55. The number of hydrogen-bond acceptors (Lipinski definition) is 1. The van der Waals surface area contributed by atoms with Gasteiger partial charge in [-0.25, -0.2) is 0 Å². The van der Waals surface area contributed by atoms with Crippen molar-refractivity contribution in [1.29, 1.82) is 0 Å². The maximum atomic E-state index is 11.9. The largest absolute Gasteiger partial charge is 0.405 e. The maximum absolute atomic E-state index is 11.9. The summed E-state index contributed by atoms with van der Waals surface area (Å²) < 4.78 is 37.9. The van der Waals surface area contributed by atoms with Crippen molar-refractivity contribution in [3.8, 4) is 0 Å². The minimum Gasteiger partial charge on any atom is -0.343 e. The molecule has 7 heteroatoms. The van der Waals surface area contributed by atoms with Crippen LogP contribution in [0.4, 0.5) is 13.2 Å². The monoisotopic (exact) mass is 298 g/mol. The van der Waals surface area contributed by atoms with Crippen LogP contribution >= 0.6 is 15.9 Å². The van der Waals surface area contributed by atoms with E-state index in [2.05, 4.69) is 15.9 Å². The van der Waals surface area contributed by atoms with Crippen LogP contribution < -0.4 is 5.32 Å². The molecule has 1 amide bonds. The minimum atomic E-state index is -4.39. The lowest BCUT2D eigenvalue weighted by Gasteiger charge is -2.09. The zero-order chi connectivity index (χ0) is 12.3. The summed E-state index contributed by atoms with van der Waals surface area (Å²) in [4.78, 5) is 11.4. The third-order valence-corrected chi connectivity index (χ3v) is 2.32. The summed E-state index contributed by atoms with van der Waals surface area (Å²) in [6.07, 6.45) is -2.75. The van der Waals surface area contributed by atoms with Crippen molar-refractivity contribution in [3.05, 3.63) is 22.4 Å². The lowest BCUT2D eigenvalue weighted by molar-refractivity contribution is -0.123. The standard InChI is InChI=1S/C9H10BrF3N2O/c1-2-15-4-6(10)3-7(15)8(16)14-5-9(11,12)13/h3-4H,2,5H2,1H3,(H,14,16). The molecule has 0 radical (unpaired) electrons. The van der Waals surface area contributed by atoms with Crippen molar-refractivity contribution in [3.63, 3.8) is 0 Å². The summed E-state index contributed by atoms with van der Waals surface area (Å²) in [5, 5.41) is 1.82. The van der Waals surface area contributed by atoms with Crippen molar-refractivity contribution < 1.29 is 18.0 Å². The van der Waals surface area contributed by atoms with Gasteiger partial charge in [-0.3, -0.25) is 4.79 Å². The molecule has 0 saturated heterocycles. The summed E-state index contributed by atoms with van der Waals surface area (Å²) in [6, 6.07) is 1.48. The number of aryl methyl sites for hydroxylation is 1. The Balaban J connectivity index is 2.73. The second-order valence-corrected chi connectivity index (χ2v) is 4.04. The highest BCUT2D eigenvalue weighted by atomic mass is 79.9. The average Bonchev–Trinajstić information content (AvgIpc) is 2.55. The van der Waals surface area contributed by atoms with Crippen LogP contribution in [0.3, 0.4) is 0 Å². The first-order valence-corrected chi connectivity index (χ1v) is 5.33. The third-order valence-electron chi connectivity index (χ3n) is 1.89. The minimum absolute atomic E-state index is 0.207. The highest BCUT2D eigenvalue weighted by Gasteiger charge is 2.28. The van der Waals surface area contributed by atoms with Crippen LogP contribution in [-0.4, -0.2) is 23.2 Å². The molecule has 0 bridgehead atoms.